The highest BCUT2D eigenvalue weighted by atomic mass is 35.5. The average molecular weight is 460 g/mol. The average Bonchev–Trinajstić information content (AvgIpc) is 2.78. The van der Waals surface area contributed by atoms with Gasteiger partial charge in [-0.25, -0.2) is 4.98 Å². The molecule has 1 amide bonds. The van der Waals surface area contributed by atoms with E-state index >= 15 is 0 Å². The van der Waals surface area contributed by atoms with Crippen LogP contribution in [0.1, 0.15) is 31.7 Å². The molecule has 0 aliphatic heterocycles. The van der Waals surface area contributed by atoms with Crippen molar-refractivity contribution in [1.82, 2.24) is 14.9 Å². The maximum absolute atomic E-state index is 13.0. The van der Waals surface area contributed by atoms with Crippen molar-refractivity contribution in [3.05, 3.63) is 63.4 Å². The van der Waals surface area contributed by atoms with Crippen molar-refractivity contribution in [3.8, 4) is 5.75 Å². The standard InChI is InChI=1S/C23H26ClN3O3S/c1-3-4-5-12-27-22(29)19-11-8-17(24)13-20(19)26-23(27)31-15-21(28)25-14-16-6-9-18(30-2)10-7-16/h6-11,13H,3-5,12,14-15H2,1-2H3,(H,25,28). The molecule has 1 N–H and O–H groups in total. The van der Waals surface area contributed by atoms with Gasteiger partial charge < -0.3 is 10.1 Å². The predicted octanol–water partition coefficient (Wildman–Crippen LogP) is 4.66. The first kappa shape index (κ1) is 23.2. The van der Waals surface area contributed by atoms with Crippen LogP contribution in [0.15, 0.2) is 52.4 Å². The Hall–Kier alpha value is -2.51. The van der Waals surface area contributed by atoms with Gasteiger partial charge in [-0.05, 0) is 42.3 Å². The number of aromatic nitrogens is 2. The zero-order valence-corrected chi connectivity index (χ0v) is 19.3. The summed E-state index contributed by atoms with van der Waals surface area (Å²) in [6.45, 7) is 3.12. The Morgan fingerprint density at radius 1 is 1.19 bits per heavy atom. The number of nitrogens with one attached hydrogen (secondary N) is 1. The fourth-order valence-corrected chi connectivity index (χ4v) is 4.15. The van der Waals surface area contributed by atoms with E-state index in [4.69, 9.17) is 16.3 Å². The molecule has 0 aliphatic carbocycles. The van der Waals surface area contributed by atoms with Crippen LogP contribution in [-0.2, 0) is 17.9 Å². The smallest absolute Gasteiger partial charge is 0.262 e. The van der Waals surface area contributed by atoms with E-state index in [1.54, 1.807) is 29.9 Å². The molecule has 0 saturated heterocycles. The molecule has 1 heterocycles. The number of benzene rings is 2. The van der Waals surface area contributed by atoms with Crippen LogP contribution in [0.2, 0.25) is 5.02 Å². The van der Waals surface area contributed by atoms with E-state index in [0.29, 0.717) is 34.2 Å². The number of ether oxygens (including phenoxy) is 1. The molecule has 3 rings (SSSR count). The number of unbranched alkanes of at least 4 members (excludes halogenated alkanes) is 2. The molecule has 0 radical (unpaired) electrons. The maximum Gasteiger partial charge on any atom is 0.262 e. The number of halogens is 1. The molecule has 1 aromatic heterocycles. The minimum absolute atomic E-state index is 0.0982. The van der Waals surface area contributed by atoms with Crippen LogP contribution in [0.4, 0.5) is 0 Å². The quantitative estimate of drug-likeness (QED) is 0.271. The van der Waals surface area contributed by atoms with Gasteiger partial charge >= 0.3 is 0 Å². The second-order valence-electron chi connectivity index (χ2n) is 7.13. The van der Waals surface area contributed by atoms with Gasteiger partial charge in [-0.1, -0.05) is 55.3 Å². The number of amides is 1. The number of carbonyl (C=O) groups excluding carboxylic acids is 1. The Morgan fingerprint density at radius 3 is 2.68 bits per heavy atom. The Morgan fingerprint density at radius 2 is 1.97 bits per heavy atom. The van der Waals surface area contributed by atoms with Gasteiger partial charge in [-0.3, -0.25) is 14.2 Å². The predicted molar refractivity (Wildman–Crippen MR) is 126 cm³/mol. The first-order valence-corrected chi connectivity index (χ1v) is 11.6. The number of fused-ring (bicyclic) bond motifs is 1. The first-order chi connectivity index (χ1) is 15.0. The SMILES string of the molecule is CCCCCn1c(SCC(=O)NCc2ccc(OC)cc2)nc2cc(Cl)ccc2c1=O. The lowest BCUT2D eigenvalue weighted by molar-refractivity contribution is -0.118. The van der Waals surface area contributed by atoms with E-state index in [9.17, 15) is 9.59 Å². The summed E-state index contributed by atoms with van der Waals surface area (Å²) in [5.74, 6) is 0.818. The van der Waals surface area contributed by atoms with Crippen molar-refractivity contribution in [2.45, 2.75) is 44.4 Å². The number of nitrogens with zero attached hydrogens (tertiary/aromatic N) is 2. The van der Waals surface area contributed by atoms with Gasteiger partial charge in [0.05, 0.1) is 23.8 Å². The molecule has 0 unspecified atom stereocenters. The summed E-state index contributed by atoms with van der Waals surface area (Å²) in [7, 11) is 1.62. The fraction of sp³-hybridized carbons (Fsp3) is 0.348. The van der Waals surface area contributed by atoms with Crippen LogP contribution in [-0.4, -0.2) is 28.3 Å². The van der Waals surface area contributed by atoms with E-state index in [-0.39, 0.29) is 17.2 Å². The van der Waals surface area contributed by atoms with Gasteiger partial charge in [0.25, 0.3) is 5.56 Å². The van der Waals surface area contributed by atoms with Crippen LogP contribution in [0.25, 0.3) is 10.9 Å². The number of hydrogen-bond donors (Lipinski definition) is 1. The van der Waals surface area contributed by atoms with E-state index in [2.05, 4.69) is 17.2 Å². The van der Waals surface area contributed by atoms with Crippen molar-refractivity contribution in [1.29, 1.82) is 0 Å². The summed E-state index contributed by atoms with van der Waals surface area (Å²) in [4.78, 5) is 30.0. The van der Waals surface area contributed by atoms with E-state index < -0.39 is 0 Å². The first-order valence-electron chi connectivity index (χ1n) is 10.2. The van der Waals surface area contributed by atoms with Gasteiger partial charge in [0, 0.05) is 18.1 Å². The number of methoxy groups -OCH3 is 1. The normalized spacial score (nSPS) is 10.9. The summed E-state index contributed by atoms with van der Waals surface area (Å²) in [5.41, 5.74) is 1.43. The number of rotatable bonds is 10. The van der Waals surface area contributed by atoms with Crippen molar-refractivity contribution in [2.75, 3.05) is 12.9 Å². The summed E-state index contributed by atoms with van der Waals surface area (Å²) in [5, 5.41) is 4.50. The van der Waals surface area contributed by atoms with Gasteiger partial charge in [-0.2, -0.15) is 0 Å². The molecule has 3 aromatic rings. The minimum Gasteiger partial charge on any atom is -0.497 e. The molecule has 0 fully saturated rings. The number of carbonyl (C=O) groups is 1. The van der Waals surface area contributed by atoms with Gasteiger partial charge in [0.1, 0.15) is 5.75 Å². The van der Waals surface area contributed by atoms with Crippen LogP contribution in [0.3, 0.4) is 0 Å². The Balaban J connectivity index is 1.71. The van der Waals surface area contributed by atoms with Gasteiger partial charge in [0.2, 0.25) is 5.91 Å². The topological polar surface area (TPSA) is 73.2 Å². The molecule has 164 valence electrons. The van der Waals surface area contributed by atoms with E-state index in [1.807, 2.05) is 24.3 Å². The zero-order chi connectivity index (χ0) is 22.2. The summed E-state index contributed by atoms with van der Waals surface area (Å²) in [6.07, 6.45) is 2.97. The highest BCUT2D eigenvalue weighted by Crippen LogP contribution is 2.21. The molecular weight excluding hydrogens is 434 g/mol. The lowest BCUT2D eigenvalue weighted by Crippen LogP contribution is -2.27. The molecule has 0 spiro atoms. The summed E-state index contributed by atoms with van der Waals surface area (Å²) in [6, 6.07) is 12.6. The molecule has 0 bridgehead atoms. The lowest BCUT2D eigenvalue weighted by atomic mass is 10.2. The maximum atomic E-state index is 13.0. The molecule has 6 nitrogen and oxygen atoms in total. The third-order valence-corrected chi connectivity index (χ3v) is 6.06. The number of hydrogen-bond acceptors (Lipinski definition) is 5. The molecule has 0 saturated carbocycles. The van der Waals surface area contributed by atoms with E-state index in [1.165, 1.54) is 11.8 Å². The monoisotopic (exact) mass is 459 g/mol. The Kier molecular flexibility index (Phi) is 8.37. The lowest BCUT2D eigenvalue weighted by Gasteiger charge is -2.13. The summed E-state index contributed by atoms with van der Waals surface area (Å²) < 4.78 is 6.82. The highest BCUT2D eigenvalue weighted by molar-refractivity contribution is 7.99. The number of thioether (sulfide) groups is 1. The van der Waals surface area contributed by atoms with Crippen LogP contribution < -0.4 is 15.6 Å². The third-order valence-electron chi connectivity index (χ3n) is 4.85. The van der Waals surface area contributed by atoms with Gasteiger partial charge in [-0.15, -0.1) is 0 Å². The van der Waals surface area contributed by atoms with Crippen LogP contribution in [0.5, 0.6) is 5.75 Å². The molecule has 0 atom stereocenters. The zero-order valence-electron chi connectivity index (χ0n) is 17.7. The Bertz CT molecular complexity index is 1100. The summed E-state index contributed by atoms with van der Waals surface area (Å²) >= 11 is 7.35. The minimum atomic E-state index is -0.124. The molecule has 2 aromatic carbocycles. The van der Waals surface area contributed by atoms with Crippen LogP contribution in [0, 0.1) is 0 Å². The van der Waals surface area contributed by atoms with Gasteiger partial charge in [0.15, 0.2) is 5.16 Å². The van der Waals surface area contributed by atoms with Crippen LogP contribution >= 0.6 is 23.4 Å². The van der Waals surface area contributed by atoms with Crippen molar-refractivity contribution >= 4 is 40.2 Å². The fourth-order valence-electron chi connectivity index (χ4n) is 3.13. The van der Waals surface area contributed by atoms with Crippen molar-refractivity contribution in [3.63, 3.8) is 0 Å². The molecular formula is C23H26ClN3O3S. The largest absolute Gasteiger partial charge is 0.497 e. The van der Waals surface area contributed by atoms with Crippen molar-refractivity contribution < 1.29 is 9.53 Å². The molecule has 0 aliphatic rings. The second kappa shape index (κ2) is 11.2. The third kappa shape index (κ3) is 6.24. The van der Waals surface area contributed by atoms with Crippen molar-refractivity contribution in [2.24, 2.45) is 0 Å². The highest BCUT2D eigenvalue weighted by Gasteiger charge is 2.13. The molecule has 8 heteroatoms. The Labute approximate surface area is 191 Å². The van der Waals surface area contributed by atoms with E-state index in [0.717, 1.165) is 30.6 Å². The molecule has 31 heavy (non-hydrogen) atoms. The second-order valence-corrected chi connectivity index (χ2v) is 8.51.